The summed E-state index contributed by atoms with van der Waals surface area (Å²) in [6.45, 7) is 14.5. The predicted molar refractivity (Wildman–Crippen MR) is 72.0 cm³/mol. The molecule has 0 aromatic carbocycles. The molecule has 0 saturated carbocycles. The molecule has 1 atom stereocenters. The lowest BCUT2D eigenvalue weighted by Crippen LogP contribution is -2.43. The highest BCUT2D eigenvalue weighted by Crippen LogP contribution is 2.37. The van der Waals surface area contributed by atoms with Crippen molar-refractivity contribution in [2.75, 3.05) is 20.7 Å². The smallest absolute Gasteiger partial charge is 0.192 e. The zero-order valence-corrected chi connectivity index (χ0v) is 13.3. The van der Waals surface area contributed by atoms with Gasteiger partial charge in [0.1, 0.15) is 0 Å². The summed E-state index contributed by atoms with van der Waals surface area (Å²) in [7, 11) is 2.03. The van der Waals surface area contributed by atoms with Gasteiger partial charge in [-0.05, 0) is 31.5 Å². The van der Waals surface area contributed by atoms with E-state index in [4.69, 9.17) is 9.26 Å². The van der Waals surface area contributed by atoms with Crippen LogP contribution in [-0.2, 0) is 9.26 Å². The Bertz CT molecular complexity index is 202. The fraction of sp³-hybridized carbons (Fsp3) is 1.00. The molecule has 0 heterocycles. The second-order valence-electron chi connectivity index (χ2n) is 6.01. The molecule has 0 aliphatic rings. The molecule has 0 spiro atoms. The van der Waals surface area contributed by atoms with Crippen LogP contribution in [-0.4, -0.2) is 40.2 Å². The maximum Gasteiger partial charge on any atom is 0.192 e. The van der Waals surface area contributed by atoms with E-state index in [1.807, 2.05) is 12.1 Å². The summed E-state index contributed by atoms with van der Waals surface area (Å²) in [6.07, 6.45) is 1.31. The summed E-state index contributed by atoms with van der Waals surface area (Å²) in [5.41, 5.74) is 0. The van der Waals surface area contributed by atoms with E-state index < -0.39 is 8.32 Å². The molecule has 0 fully saturated rings. The van der Waals surface area contributed by atoms with Crippen LogP contribution in [0.1, 0.15) is 34.1 Å². The van der Waals surface area contributed by atoms with Crippen molar-refractivity contribution in [2.24, 2.45) is 0 Å². The van der Waals surface area contributed by atoms with Crippen LogP contribution in [0, 0.1) is 0 Å². The zero-order chi connectivity index (χ0) is 13.0. The maximum atomic E-state index is 6.25. The highest BCUT2D eigenvalue weighted by atomic mass is 28.4. The zero-order valence-electron chi connectivity index (χ0n) is 12.3. The van der Waals surface area contributed by atoms with E-state index in [1.54, 1.807) is 7.11 Å². The molecular weight excluding hydrogens is 218 g/mol. The third kappa shape index (κ3) is 5.43. The summed E-state index contributed by atoms with van der Waals surface area (Å²) >= 11 is 0. The average Bonchev–Trinajstić information content (AvgIpc) is 2.11. The van der Waals surface area contributed by atoms with Gasteiger partial charge in [-0.15, -0.1) is 0 Å². The standard InChI is InChI=1S/C12H29NO2Si/c1-11(9-10-13(5)14-6)15-16(7,8)12(2,3)4/h11H,9-10H2,1-8H3/t11-/m1/s1. The first kappa shape index (κ1) is 16.1. The van der Waals surface area contributed by atoms with Crippen molar-refractivity contribution in [1.82, 2.24) is 5.06 Å². The molecular formula is C12H29NO2Si. The van der Waals surface area contributed by atoms with Crippen molar-refractivity contribution in [3.63, 3.8) is 0 Å². The highest BCUT2D eigenvalue weighted by molar-refractivity contribution is 6.74. The van der Waals surface area contributed by atoms with Gasteiger partial charge in [-0.2, -0.15) is 5.06 Å². The molecule has 0 amide bonds. The van der Waals surface area contributed by atoms with Crippen LogP contribution < -0.4 is 0 Å². The Morgan fingerprint density at radius 2 is 1.75 bits per heavy atom. The van der Waals surface area contributed by atoms with Crippen LogP contribution in [0.2, 0.25) is 18.1 Å². The van der Waals surface area contributed by atoms with Crippen LogP contribution in [0.25, 0.3) is 0 Å². The Kier molecular flexibility index (Phi) is 6.18. The first-order chi connectivity index (χ1) is 7.10. The first-order valence-corrected chi connectivity index (χ1v) is 8.94. The van der Waals surface area contributed by atoms with Gasteiger partial charge >= 0.3 is 0 Å². The molecule has 0 aliphatic carbocycles. The number of hydroxylamine groups is 2. The topological polar surface area (TPSA) is 21.7 Å². The van der Waals surface area contributed by atoms with E-state index in [9.17, 15) is 0 Å². The van der Waals surface area contributed by atoms with Crippen molar-refractivity contribution in [3.05, 3.63) is 0 Å². The molecule has 0 N–H and O–H groups in total. The van der Waals surface area contributed by atoms with E-state index in [2.05, 4.69) is 40.8 Å². The maximum absolute atomic E-state index is 6.25. The van der Waals surface area contributed by atoms with Gasteiger partial charge in [0, 0.05) is 19.7 Å². The van der Waals surface area contributed by atoms with Gasteiger partial charge in [0.15, 0.2) is 8.32 Å². The van der Waals surface area contributed by atoms with Gasteiger partial charge in [-0.25, -0.2) is 0 Å². The van der Waals surface area contributed by atoms with E-state index in [1.165, 1.54) is 0 Å². The van der Waals surface area contributed by atoms with Crippen molar-refractivity contribution < 1.29 is 9.26 Å². The summed E-state index contributed by atoms with van der Waals surface area (Å²) in [6, 6.07) is 0. The minimum absolute atomic E-state index is 0.286. The fourth-order valence-electron chi connectivity index (χ4n) is 1.19. The van der Waals surface area contributed by atoms with Crippen molar-refractivity contribution in [3.8, 4) is 0 Å². The minimum Gasteiger partial charge on any atom is -0.414 e. The fourth-order valence-corrected chi connectivity index (χ4v) is 2.67. The second-order valence-corrected chi connectivity index (χ2v) is 10.8. The van der Waals surface area contributed by atoms with Crippen molar-refractivity contribution in [1.29, 1.82) is 0 Å². The quantitative estimate of drug-likeness (QED) is 0.531. The molecule has 0 rings (SSSR count). The van der Waals surface area contributed by atoms with Crippen LogP contribution >= 0.6 is 0 Å². The molecule has 0 radical (unpaired) electrons. The van der Waals surface area contributed by atoms with E-state index in [0.717, 1.165) is 13.0 Å². The summed E-state index contributed by atoms with van der Waals surface area (Å²) in [4.78, 5) is 5.09. The molecule has 98 valence electrons. The van der Waals surface area contributed by atoms with Gasteiger partial charge in [0.2, 0.25) is 0 Å². The van der Waals surface area contributed by atoms with E-state index in [-0.39, 0.29) is 5.04 Å². The van der Waals surface area contributed by atoms with E-state index in [0.29, 0.717) is 6.10 Å². The third-order valence-corrected chi connectivity index (χ3v) is 8.07. The molecule has 0 aromatic heterocycles. The van der Waals surface area contributed by atoms with Gasteiger partial charge in [-0.1, -0.05) is 20.8 Å². The lowest BCUT2D eigenvalue weighted by atomic mass is 10.2. The predicted octanol–water partition coefficient (Wildman–Crippen LogP) is 3.28. The minimum atomic E-state index is -1.61. The molecule has 0 saturated heterocycles. The molecule has 0 aromatic rings. The molecule has 4 heteroatoms. The molecule has 0 aliphatic heterocycles. The summed E-state index contributed by atoms with van der Waals surface area (Å²) < 4.78 is 6.25. The van der Waals surface area contributed by atoms with Gasteiger partial charge in [-0.3, -0.25) is 0 Å². The molecule has 0 unspecified atom stereocenters. The monoisotopic (exact) mass is 247 g/mol. The van der Waals surface area contributed by atoms with Crippen LogP contribution in [0.4, 0.5) is 0 Å². The lowest BCUT2D eigenvalue weighted by Gasteiger charge is -2.38. The Morgan fingerprint density at radius 1 is 1.25 bits per heavy atom. The largest absolute Gasteiger partial charge is 0.414 e. The van der Waals surface area contributed by atoms with E-state index >= 15 is 0 Å². The summed E-state index contributed by atoms with van der Waals surface area (Å²) in [5.74, 6) is 0. The SMILES string of the molecule is CON(C)CC[C@@H](C)O[Si](C)(C)C(C)(C)C. The Hall–Kier alpha value is 0.0969. The Balaban J connectivity index is 4.09. The van der Waals surface area contributed by atoms with Crippen LogP contribution in [0.15, 0.2) is 0 Å². The third-order valence-electron chi connectivity index (χ3n) is 3.46. The van der Waals surface area contributed by atoms with Crippen molar-refractivity contribution in [2.45, 2.75) is 58.4 Å². The van der Waals surface area contributed by atoms with Crippen molar-refractivity contribution >= 4 is 8.32 Å². The summed E-state index contributed by atoms with van der Waals surface area (Å²) in [5, 5.41) is 2.12. The molecule has 3 nitrogen and oxygen atoms in total. The lowest BCUT2D eigenvalue weighted by molar-refractivity contribution is -0.113. The Morgan fingerprint density at radius 3 is 2.12 bits per heavy atom. The number of rotatable bonds is 6. The number of nitrogens with zero attached hydrogens (tertiary/aromatic N) is 1. The first-order valence-electron chi connectivity index (χ1n) is 6.03. The van der Waals surface area contributed by atoms with Gasteiger partial charge in [0.25, 0.3) is 0 Å². The van der Waals surface area contributed by atoms with Gasteiger partial charge in [0.05, 0.1) is 7.11 Å². The number of hydrogen-bond acceptors (Lipinski definition) is 3. The van der Waals surface area contributed by atoms with Crippen LogP contribution in [0.3, 0.4) is 0 Å². The second kappa shape index (κ2) is 6.14. The number of hydrogen-bond donors (Lipinski definition) is 0. The van der Waals surface area contributed by atoms with Crippen LogP contribution in [0.5, 0.6) is 0 Å². The molecule has 16 heavy (non-hydrogen) atoms. The Labute approximate surface area is 102 Å². The van der Waals surface area contributed by atoms with Gasteiger partial charge < -0.3 is 9.26 Å². The average molecular weight is 247 g/mol. The normalized spacial score (nSPS) is 15.6. The highest BCUT2D eigenvalue weighted by Gasteiger charge is 2.38. The molecule has 0 bridgehead atoms.